The van der Waals surface area contributed by atoms with Crippen LogP contribution in [0.5, 0.6) is 0 Å². The Kier molecular flexibility index (Phi) is 2.34. The molecule has 0 unspecified atom stereocenters. The molecule has 0 fully saturated rings. The van der Waals surface area contributed by atoms with E-state index in [4.69, 9.17) is 0 Å². The topological polar surface area (TPSA) is 101 Å². The number of aromatic nitrogens is 4. The summed E-state index contributed by atoms with van der Waals surface area (Å²) in [5, 5.41) is 7.13. The maximum atomic E-state index is 11.6. The predicted octanol–water partition coefficient (Wildman–Crippen LogP) is 0.000500. The molecule has 0 radical (unpaired) electrons. The summed E-state index contributed by atoms with van der Waals surface area (Å²) in [7, 11) is -3.64. The zero-order valence-electron chi connectivity index (χ0n) is 7.45. The first-order valence-electron chi connectivity index (χ1n) is 3.97. The Morgan fingerprint density at radius 3 is 2.87 bits per heavy atom. The highest BCUT2D eigenvalue weighted by atomic mass is 32.2. The third-order valence-electron chi connectivity index (χ3n) is 1.57. The molecule has 0 spiro atoms. The van der Waals surface area contributed by atoms with Crippen molar-refractivity contribution in [3.63, 3.8) is 0 Å². The first kappa shape index (κ1) is 9.59. The highest BCUT2D eigenvalue weighted by molar-refractivity contribution is 7.92. The van der Waals surface area contributed by atoms with Crippen LogP contribution in [0.25, 0.3) is 0 Å². The summed E-state index contributed by atoms with van der Waals surface area (Å²) in [6.07, 6.45) is 3.94. The summed E-state index contributed by atoms with van der Waals surface area (Å²) in [5.74, 6) is 0.159. The Labute approximate surface area is 85.6 Å². The van der Waals surface area contributed by atoms with Crippen molar-refractivity contribution in [2.45, 2.75) is 5.03 Å². The lowest BCUT2D eigenvalue weighted by Gasteiger charge is -2.02. The molecule has 0 amide bonds. The van der Waals surface area contributed by atoms with E-state index in [0.29, 0.717) is 0 Å². The summed E-state index contributed by atoms with van der Waals surface area (Å²) in [6, 6.07) is 3.08. The monoisotopic (exact) mass is 225 g/mol. The van der Waals surface area contributed by atoms with Gasteiger partial charge in [-0.25, -0.2) is 4.98 Å². The molecule has 2 rings (SSSR count). The van der Waals surface area contributed by atoms with Crippen molar-refractivity contribution in [3.05, 3.63) is 30.9 Å². The number of aromatic amines is 1. The van der Waals surface area contributed by atoms with Gasteiger partial charge >= 0.3 is 0 Å². The van der Waals surface area contributed by atoms with Crippen LogP contribution in [0.2, 0.25) is 0 Å². The molecule has 7 nitrogen and oxygen atoms in total. The van der Waals surface area contributed by atoms with Crippen molar-refractivity contribution in [1.82, 2.24) is 20.2 Å². The number of nitrogens with one attached hydrogen (secondary N) is 2. The number of H-pyrrole nitrogens is 1. The van der Waals surface area contributed by atoms with Crippen LogP contribution in [0.1, 0.15) is 0 Å². The molecular formula is C7H7N5O2S. The van der Waals surface area contributed by atoms with Crippen LogP contribution in [-0.4, -0.2) is 28.6 Å². The highest BCUT2D eigenvalue weighted by Crippen LogP contribution is 2.09. The molecule has 0 aromatic carbocycles. The molecular weight excluding hydrogens is 218 g/mol. The summed E-state index contributed by atoms with van der Waals surface area (Å²) in [4.78, 5) is 6.11. The van der Waals surface area contributed by atoms with Crippen molar-refractivity contribution >= 4 is 15.8 Å². The average molecular weight is 225 g/mol. The van der Waals surface area contributed by atoms with Crippen molar-refractivity contribution in [2.75, 3.05) is 4.72 Å². The lowest BCUT2D eigenvalue weighted by Crippen LogP contribution is -2.14. The Morgan fingerprint density at radius 1 is 1.40 bits per heavy atom. The first-order valence-corrected chi connectivity index (χ1v) is 5.46. The number of hydrogen-bond donors (Lipinski definition) is 2. The first-order chi connectivity index (χ1) is 7.18. The van der Waals surface area contributed by atoms with Crippen LogP contribution in [0.4, 0.5) is 5.82 Å². The fourth-order valence-corrected chi connectivity index (χ4v) is 1.84. The van der Waals surface area contributed by atoms with Crippen LogP contribution >= 0.6 is 0 Å². The third-order valence-corrected chi connectivity index (χ3v) is 2.85. The molecule has 0 saturated heterocycles. The Balaban J connectivity index is 2.27. The van der Waals surface area contributed by atoms with Gasteiger partial charge in [0, 0.05) is 6.20 Å². The van der Waals surface area contributed by atoms with Gasteiger partial charge in [0.25, 0.3) is 10.0 Å². The van der Waals surface area contributed by atoms with Crippen LogP contribution in [0, 0.1) is 0 Å². The van der Waals surface area contributed by atoms with Crippen molar-refractivity contribution in [1.29, 1.82) is 0 Å². The number of rotatable bonds is 3. The SMILES string of the molecule is O=S(=O)(Nc1cccnn1)c1cnc[nH]1. The van der Waals surface area contributed by atoms with Gasteiger partial charge in [0.2, 0.25) is 0 Å². The molecule has 2 N–H and O–H groups in total. The molecule has 0 saturated carbocycles. The van der Waals surface area contributed by atoms with Crippen LogP contribution < -0.4 is 4.72 Å². The third kappa shape index (κ3) is 2.10. The fraction of sp³-hybridized carbons (Fsp3) is 0. The number of imidazole rings is 1. The zero-order chi connectivity index (χ0) is 10.7. The quantitative estimate of drug-likeness (QED) is 0.765. The molecule has 2 aromatic heterocycles. The number of anilines is 1. The smallest absolute Gasteiger partial charge is 0.280 e. The van der Waals surface area contributed by atoms with Crippen molar-refractivity contribution < 1.29 is 8.42 Å². The minimum atomic E-state index is -3.64. The average Bonchev–Trinajstić information content (AvgIpc) is 2.71. The standard InChI is InChI=1S/C7H7N5O2S/c13-15(14,7-4-8-5-9-7)12-6-2-1-3-10-11-6/h1-5H,(H,8,9)(H,11,12). The van der Waals surface area contributed by atoms with Crippen molar-refractivity contribution in [3.8, 4) is 0 Å². The molecule has 0 atom stereocenters. The minimum absolute atomic E-state index is 0.0202. The molecule has 0 bridgehead atoms. The summed E-state index contributed by atoms with van der Waals surface area (Å²) in [5.41, 5.74) is 0. The minimum Gasteiger partial charge on any atom is -0.334 e. The predicted molar refractivity (Wildman–Crippen MR) is 51.4 cm³/mol. The zero-order valence-corrected chi connectivity index (χ0v) is 8.27. The molecule has 78 valence electrons. The van der Waals surface area contributed by atoms with E-state index in [-0.39, 0.29) is 10.8 Å². The number of sulfonamides is 1. The fourth-order valence-electron chi connectivity index (χ4n) is 0.939. The van der Waals surface area contributed by atoms with Gasteiger partial charge in [-0.3, -0.25) is 4.72 Å². The van der Waals surface area contributed by atoms with E-state index in [1.807, 2.05) is 0 Å². The summed E-state index contributed by atoms with van der Waals surface area (Å²) >= 11 is 0. The van der Waals surface area contributed by atoms with Gasteiger partial charge in [0.15, 0.2) is 10.8 Å². The van der Waals surface area contributed by atoms with E-state index in [2.05, 4.69) is 24.9 Å². The Morgan fingerprint density at radius 2 is 2.27 bits per heavy atom. The largest absolute Gasteiger partial charge is 0.334 e. The van der Waals surface area contributed by atoms with E-state index in [1.165, 1.54) is 24.8 Å². The molecule has 0 aliphatic heterocycles. The molecule has 0 aliphatic rings. The Bertz CT molecular complexity index is 522. The number of hydrogen-bond acceptors (Lipinski definition) is 5. The summed E-state index contributed by atoms with van der Waals surface area (Å²) in [6.45, 7) is 0. The molecule has 8 heteroatoms. The summed E-state index contributed by atoms with van der Waals surface area (Å²) < 4.78 is 25.5. The van der Waals surface area contributed by atoms with E-state index in [9.17, 15) is 8.42 Å². The van der Waals surface area contributed by atoms with Gasteiger partial charge in [0.1, 0.15) is 0 Å². The molecule has 2 heterocycles. The van der Waals surface area contributed by atoms with Crippen LogP contribution in [0.15, 0.2) is 35.9 Å². The van der Waals surface area contributed by atoms with Crippen LogP contribution in [-0.2, 0) is 10.0 Å². The van der Waals surface area contributed by atoms with Crippen molar-refractivity contribution in [2.24, 2.45) is 0 Å². The van der Waals surface area contributed by atoms with E-state index in [0.717, 1.165) is 0 Å². The van der Waals surface area contributed by atoms with Gasteiger partial charge in [-0.2, -0.15) is 13.5 Å². The second-order valence-corrected chi connectivity index (χ2v) is 4.28. The normalized spacial score (nSPS) is 11.2. The van der Waals surface area contributed by atoms with Gasteiger partial charge in [0.05, 0.1) is 12.5 Å². The van der Waals surface area contributed by atoms with Gasteiger partial charge in [-0.05, 0) is 12.1 Å². The molecule has 15 heavy (non-hydrogen) atoms. The second kappa shape index (κ2) is 3.65. The van der Waals surface area contributed by atoms with Crippen LogP contribution in [0.3, 0.4) is 0 Å². The van der Waals surface area contributed by atoms with Gasteiger partial charge in [-0.1, -0.05) is 0 Å². The lowest BCUT2D eigenvalue weighted by atomic mass is 10.6. The molecule has 2 aromatic rings. The van der Waals surface area contributed by atoms with Gasteiger partial charge < -0.3 is 4.98 Å². The van der Waals surface area contributed by atoms with E-state index < -0.39 is 10.0 Å². The lowest BCUT2D eigenvalue weighted by molar-refractivity contribution is 0.598. The number of nitrogens with zero attached hydrogens (tertiary/aromatic N) is 3. The van der Waals surface area contributed by atoms with E-state index >= 15 is 0 Å². The highest BCUT2D eigenvalue weighted by Gasteiger charge is 2.15. The maximum absolute atomic E-state index is 11.6. The second-order valence-electron chi connectivity index (χ2n) is 2.63. The van der Waals surface area contributed by atoms with Gasteiger partial charge in [-0.15, -0.1) is 5.10 Å². The maximum Gasteiger partial charge on any atom is 0.280 e. The molecule has 0 aliphatic carbocycles. The van der Waals surface area contributed by atoms with E-state index in [1.54, 1.807) is 6.07 Å². The Hall–Kier alpha value is -1.96.